The van der Waals surface area contributed by atoms with E-state index in [1.54, 1.807) is 18.2 Å². The van der Waals surface area contributed by atoms with Gasteiger partial charge in [0.1, 0.15) is 0 Å². The lowest BCUT2D eigenvalue weighted by Gasteiger charge is -2.13. The summed E-state index contributed by atoms with van der Waals surface area (Å²) >= 11 is 0. The molecular formula is C13H15N3O3. The number of ether oxygens (including phenoxy) is 1. The summed E-state index contributed by atoms with van der Waals surface area (Å²) in [4.78, 5) is 23.5. The Morgan fingerprint density at radius 1 is 1.26 bits per heavy atom. The third-order valence-electron chi connectivity index (χ3n) is 3.37. The summed E-state index contributed by atoms with van der Waals surface area (Å²) in [6, 6.07) is 5.20. The zero-order valence-corrected chi connectivity index (χ0v) is 10.4. The van der Waals surface area contributed by atoms with E-state index in [-0.39, 0.29) is 17.2 Å². The number of fused-ring (bicyclic) bond motifs is 1. The average molecular weight is 261 g/mol. The molecule has 1 aromatic carbocycles. The van der Waals surface area contributed by atoms with Crippen LogP contribution in [0.3, 0.4) is 0 Å². The maximum Gasteiger partial charge on any atom is 0.272 e. The Labute approximate surface area is 108 Å². The first-order valence-corrected chi connectivity index (χ1v) is 6.35. The number of hydrogen-bond acceptors (Lipinski definition) is 4. The molecule has 0 amide bonds. The number of anilines is 1. The van der Waals surface area contributed by atoms with Crippen LogP contribution in [0.4, 0.5) is 5.69 Å². The van der Waals surface area contributed by atoms with Crippen molar-refractivity contribution in [1.29, 1.82) is 0 Å². The van der Waals surface area contributed by atoms with Gasteiger partial charge in [0.2, 0.25) is 0 Å². The molecule has 1 aliphatic heterocycles. The monoisotopic (exact) mass is 261 g/mol. The first-order chi connectivity index (χ1) is 9.25. The Bertz CT molecular complexity index is 698. The van der Waals surface area contributed by atoms with Crippen LogP contribution in [0.2, 0.25) is 0 Å². The normalized spacial score (nSPS) is 18.8. The molecule has 3 N–H and O–H groups in total. The van der Waals surface area contributed by atoms with E-state index in [1.807, 2.05) is 0 Å². The Hall–Kier alpha value is -2.08. The molecule has 1 fully saturated rings. The van der Waals surface area contributed by atoms with Crippen molar-refractivity contribution in [2.75, 3.05) is 18.5 Å². The molecule has 0 bridgehead atoms. The molecule has 0 aliphatic carbocycles. The van der Waals surface area contributed by atoms with Gasteiger partial charge in [0.25, 0.3) is 11.1 Å². The summed E-state index contributed by atoms with van der Waals surface area (Å²) in [6.45, 7) is 1.44. The van der Waals surface area contributed by atoms with Gasteiger partial charge in [0, 0.05) is 18.8 Å². The van der Waals surface area contributed by atoms with Crippen molar-refractivity contribution < 1.29 is 4.74 Å². The predicted molar refractivity (Wildman–Crippen MR) is 72.7 cm³/mol. The van der Waals surface area contributed by atoms with Crippen molar-refractivity contribution in [3.63, 3.8) is 0 Å². The van der Waals surface area contributed by atoms with Crippen LogP contribution in [-0.2, 0) is 4.74 Å². The summed E-state index contributed by atoms with van der Waals surface area (Å²) in [7, 11) is 0. The van der Waals surface area contributed by atoms with E-state index in [1.165, 1.54) is 0 Å². The zero-order valence-electron chi connectivity index (χ0n) is 10.4. The maximum atomic E-state index is 11.9. The summed E-state index contributed by atoms with van der Waals surface area (Å²) in [5.41, 5.74) is 0.0701. The van der Waals surface area contributed by atoms with Gasteiger partial charge in [-0.3, -0.25) is 19.8 Å². The first-order valence-electron chi connectivity index (χ1n) is 6.35. The number of H-pyrrole nitrogens is 2. The van der Waals surface area contributed by atoms with Crippen LogP contribution >= 0.6 is 0 Å². The second-order valence-electron chi connectivity index (χ2n) is 4.65. The largest absolute Gasteiger partial charge is 0.382 e. The van der Waals surface area contributed by atoms with E-state index in [2.05, 4.69) is 15.5 Å². The Morgan fingerprint density at radius 2 is 2.11 bits per heavy atom. The van der Waals surface area contributed by atoms with Crippen LogP contribution in [0, 0.1) is 0 Å². The molecule has 0 radical (unpaired) electrons. The van der Waals surface area contributed by atoms with Gasteiger partial charge < -0.3 is 10.1 Å². The third-order valence-corrected chi connectivity index (χ3v) is 3.37. The molecule has 1 aromatic heterocycles. The highest BCUT2D eigenvalue weighted by atomic mass is 16.5. The van der Waals surface area contributed by atoms with Gasteiger partial charge in [0.05, 0.1) is 16.9 Å². The first kappa shape index (κ1) is 12.0. The lowest BCUT2D eigenvalue weighted by Crippen LogP contribution is -2.22. The topological polar surface area (TPSA) is 87.0 Å². The minimum atomic E-state index is -0.301. The zero-order chi connectivity index (χ0) is 13.2. The smallest absolute Gasteiger partial charge is 0.272 e. The van der Waals surface area contributed by atoms with Crippen molar-refractivity contribution in [3.8, 4) is 0 Å². The Balaban J connectivity index is 1.96. The van der Waals surface area contributed by atoms with Gasteiger partial charge in [-0.2, -0.15) is 0 Å². The van der Waals surface area contributed by atoms with Crippen molar-refractivity contribution in [2.45, 2.75) is 18.9 Å². The lowest BCUT2D eigenvalue weighted by atomic mass is 10.1. The van der Waals surface area contributed by atoms with Crippen LogP contribution in [0.1, 0.15) is 12.8 Å². The van der Waals surface area contributed by atoms with Crippen LogP contribution in [0.15, 0.2) is 27.8 Å². The van der Waals surface area contributed by atoms with Gasteiger partial charge in [0.15, 0.2) is 0 Å². The van der Waals surface area contributed by atoms with Gasteiger partial charge in [-0.15, -0.1) is 0 Å². The second kappa shape index (κ2) is 4.89. The van der Waals surface area contributed by atoms with Crippen LogP contribution in [-0.4, -0.2) is 29.5 Å². The summed E-state index contributed by atoms with van der Waals surface area (Å²) in [5.74, 6) is 0. The molecule has 1 atom stereocenters. The SMILES string of the molecule is O=c1[nH][nH]c(=O)c2c(NCC3CCCO3)cccc12. The molecule has 1 aliphatic rings. The molecule has 2 heterocycles. The number of hydrogen-bond donors (Lipinski definition) is 3. The van der Waals surface area contributed by atoms with Crippen LogP contribution in [0.5, 0.6) is 0 Å². The number of aromatic nitrogens is 2. The number of benzene rings is 1. The Kier molecular flexibility index (Phi) is 3.08. The standard InChI is InChI=1S/C13H15N3O3/c17-12-9-4-1-5-10(11(9)13(18)16-15-12)14-7-8-3-2-6-19-8/h1,4-5,8,14H,2-3,6-7H2,(H,15,17)(H,16,18). The molecule has 0 spiro atoms. The third kappa shape index (κ3) is 2.26. The molecule has 1 saturated heterocycles. The summed E-state index contributed by atoms with van der Waals surface area (Å²) < 4.78 is 5.52. The van der Waals surface area contributed by atoms with E-state index in [9.17, 15) is 9.59 Å². The van der Waals surface area contributed by atoms with Crippen LogP contribution in [0.25, 0.3) is 10.8 Å². The van der Waals surface area contributed by atoms with Gasteiger partial charge in [-0.05, 0) is 25.0 Å². The van der Waals surface area contributed by atoms with Crippen molar-refractivity contribution in [3.05, 3.63) is 38.9 Å². The molecule has 6 heteroatoms. The number of nitrogens with one attached hydrogen (secondary N) is 3. The fourth-order valence-electron chi connectivity index (χ4n) is 2.41. The van der Waals surface area contributed by atoms with Gasteiger partial charge in [-0.1, -0.05) is 6.07 Å². The van der Waals surface area contributed by atoms with Crippen molar-refractivity contribution >= 4 is 16.5 Å². The predicted octanol–water partition coefficient (Wildman–Crippen LogP) is 0.807. The average Bonchev–Trinajstić information content (AvgIpc) is 2.94. The molecular weight excluding hydrogens is 246 g/mol. The molecule has 100 valence electrons. The molecule has 19 heavy (non-hydrogen) atoms. The Morgan fingerprint density at radius 3 is 2.89 bits per heavy atom. The van der Waals surface area contributed by atoms with E-state index >= 15 is 0 Å². The highest BCUT2D eigenvalue weighted by Crippen LogP contribution is 2.18. The fourth-order valence-corrected chi connectivity index (χ4v) is 2.41. The molecule has 2 aromatic rings. The number of rotatable bonds is 3. The summed E-state index contributed by atoms with van der Waals surface area (Å²) in [6.07, 6.45) is 2.27. The minimum absolute atomic E-state index is 0.177. The van der Waals surface area contributed by atoms with Gasteiger partial charge >= 0.3 is 0 Å². The quantitative estimate of drug-likeness (QED) is 0.763. The molecule has 3 rings (SSSR count). The summed E-state index contributed by atoms with van der Waals surface area (Å²) in [5, 5.41) is 8.65. The lowest BCUT2D eigenvalue weighted by molar-refractivity contribution is 0.120. The maximum absolute atomic E-state index is 11.9. The number of aromatic amines is 2. The molecule has 0 saturated carbocycles. The fraction of sp³-hybridized carbons (Fsp3) is 0.385. The molecule has 6 nitrogen and oxygen atoms in total. The molecule has 1 unspecified atom stereocenters. The van der Waals surface area contributed by atoms with E-state index < -0.39 is 0 Å². The van der Waals surface area contributed by atoms with Crippen LogP contribution < -0.4 is 16.4 Å². The van der Waals surface area contributed by atoms with E-state index in [0.717, 1.165) is 19.4 Å². The van der Waals surface area contributed by atoms with Crippen molar-refractivity contribution in [1.82, 2.24) is 10.2 Å². The van der Waals surface area contributed by atoms with Crippen molar-refractivity contribution in [2.24, 2.45) is 0 Å². The highest BCUT2D eigenvalue weighted by molar-refractivity contribution is 5.92. The highest BCUT2D eigenvalue weighted by Gasteiger charge is 2.16. The van der Waals surface area contributed by atoms with E-state index in [4.69, 9.17) is 4.74 Å². The van der Waals surface area contributed by atoms with Gasteiger partial charge in [-0.25, -0.2) is 0 Å². The van der Waals surface area contributed by atoms with E-state index in [0.29, 0.717) is 23.0 Å². The second-order valence-corrected chi connectivity index (χ2v) is 4.65. The minimum Gasteiger partial charge on any atom is -0.382 e.